The summed E-state index contributed by atoms with van der Waals surface area (Å²) in [5, 5.41) is 17.4. The van der Waals surface area contributed by atoms with Gasteiger partial charge in [0.05, 0.1) is 16.8 Å². The van der Waals surface area contributed by atoms with Gasteiger partial charge < -0.3 is 10.6 Å². The van der Waals surface area contributed by atoms with Crippen LogP contribution in [0, 0.1) is 10.1 Å². The molecular weight excluding hydrogens is 456 g/mol. The van der Waals surface area contributed by atoms with Crippen LogP contribution in [-0.2, 0) is 9.59 Å². The van der Waals surface area contributed by atoms with Crippen molar-refractivity contribution in [1.29, 1.82) is 0 Å². The number of aromatic nitrogens is 1. The van der Waals surface area contributed by atoms with Crippen molar-refractivity contribution in [3.8, 4) is 0 Å². The molecule has 2 aromatic carbocycles. The van der Waals surface area contributed by atoms with Gasteiger partial charge in [-0.15, -0.1) is 0 Å². The number of nitrogens with zero attached hydrogens (tertiary/aromatic N) is 2. The van der Waals surface area contributed by atoms with Gasteiger partial charge in [-0.05, 0) is 42.5 Å². The number of carbonyl (C=O) groups excluding carboxylic acids is 2. The van der Waals surface area contributed by atoms with Crippen LogP contribution in [0.15, 0.2) is 102 Å². The second kappa shape index (κ2) is 9.58. The summed E-state index contributed by atoms with van der Waals surface area (Å²) < 4.78 is 0. The highest BCUT2D eigenvalue weighted by atomic mass is 16.6. The van der Waals surface area contributed by atoms with Crippen LogP contribution in [0.25, 0.3) is 0 Å². The lowest BCUT2D eigenvalue weighted by Crippen LogP contribution is -2.37. The molecule has 180 valence electrons. The van der Waals surface area contributed by atoms with Crippen molar-refractivity contribution < 1.29 is 14.5 Å². The highest BCUT2D eigenvalue weighted by Gasteiger charge is 2.41. The molecule has 8 nitrogen and oxygen atoms in total. The number of hydrogen-bond donors (Lipinski definition) is 2. The molecule has 1 amide bonds. The predicted molar refractivity (Wildman–Crippen MR) is 135 cm³/mol. The van der Waals surface area contributed by atoms with Crippen LogP contribution < -0.4 is 10.6 Å². The summed E-state index contributed by atoms with van der Waals surface area (Å²) in [6.07, 6.45) is 4.11. The maximum atomic E-state index is 13.6. The maximum absolute atomic E-state index is 13.6. The molecule has 2 atom stereocenters. The number of hydrogen-bond acceptors (Lipinski definition) is 6. The average molecular weight is 481 g/mol. The first-order chi connectivity index (χ1) is 17.4. The molecule has 0 spiro atoms. The van der Waals surface area contributed by atoms with E-state index in [4.69, 9.17) is 0 Å². The topological polar surface area (TPSA) is 114 Å². The number of allylic oxidation sites excluding steroid dienone is 3. The highest BCUT2D eigenvalue weighted by molar-refractivity contribution is 6.09. The average Bonchev–Trinajstić information content (AvgIpc) is 2.89. The van der Waals surface area contributed by atoms with E-state index in [0.717, 1.165) is 11.3 Å². The number of Topliss-reactive ketones (excluding diaryl/α,β-unsaturated/α-hetero) is 1. The zero-order chi connectivity index (χ0) is 25.2. The van der Waals surface area contributed by atoms with Gasteiger partial charge in [0.2, 0.25) is 0 Å². The molecule has 0 saturated carbocycles. The van der Waals surface area contributed by atoms with Crippen LogP contribution in [0.1, 0.15) is 42.7 Å². The second-order valence-corrected chi connectivity index (χ2v) is 8.97. The third-order valence-corrected chi connectivity index (χ3v) is 6.70. The molecular formula is C28H24N4O4. The monoisotopic (exact) mass is 480 g/mol. The number of nitrogens with one attached hydrogen (secondary N) is 2. The van der Waals surface area contributed by atoms with Gasteiger partial charge >= 0.3 is 0 Å². The molecule has 3 aromatic rings. The summed E-state index contributed by atoms with van der Waals surface area (Å²) >= 11 is 0. The Bertz CT molecular complexity index is 1400. The van der Waals surface area contributed by atoms with Crippen molar-refractivity contribution in [2.45, 2.75) is 31.6 Å². The smallest absolute Gasteiger partial charge is 0.269 e. The first-order valence-electron chi connectivity index (χ1n) is 11.7. The fourth-order valence-corrected chi connectivity index (χ4v) is 5.06. The highest BCUT2D eigenvalue weighted by Crippen LogP contribution is 2.45. The Hall–Kier alpha value is -4.59. The minimum absolute atomic E-state index is 0.0287. The molecule has 8 heteroatoms. The first-order valence-corrected chi connectivity index (χ1v) is 11.7. The van der Waals surface area contributed by atoms with Gasteiger partial charge in [-0.1, -0.05) is 42.5 Å². The number of amides is 1. The van der Waals surface area contributed by atoms with Crippen LogP contribution in [0.4, 0.5) is 11.4 Å². The third kappa shape index (κ3) is 4.40. The summed E-state index contributed by atoms with van der Waals surface area (Å²) in [6.45, 7) is 1.82. The van der Waals surface area contributed by atoms with Crippen LogP contribution in [0.3, 0.4) is 0 Å². The van der Waals surface area contributed by atoms with Crippen LogP contribution in [-0.4, -0.2) is 21.6 Å². The molecule has 1 aliphatic heterocycles. The summed E-state index contributed by atoms with van der Waals surface area (Å²) in [5.41, 5.74) is 4.59. The van der Waals surface area contributed by atoms with Gasteiger partial charge in [-0.3, -0.25) is 24.7 Å². The minimum atomic E-state index is -0.650. The standard InChI is InChI=1S/C28H24N4O4/c1-17-25(28(34)31-21-8-5-13-29-16-21)26(19-9-11-22(12-10-19)32(35)36)27-23(30-17)14-20(15-24(27)33)18-6-3-2-4-7-18/h2-13,16,20,26,30H,14-15H2,1H3,(H,31,34). The Balaban J connectivity index is 1.57. The number of nitro benzene ring substituents is 1. The zero-order valence-corrected chi connectivity index (χ0v) is 19.6. The Morgan fingerprint density at radius 2 is 1.78 bits per heavy atom. The lowest BCUT2D eigenvalue weighted by atomic mass is 9.71. The van der Waals surface area contributed by atoms with E-state index in [2.05, 4.69) is 15.6 Å². The van der Waals surface area contributed by atoms with Gasteiger partial charge in [0.1, 0.15) is 0 Å². The van der Waals surface area contributed by atoms with Gasteiger partial charge in [-0.25, -0.2) is 0 Å². The predicted octanol–water partition coefficient (Wildman–Crippen LogP) is 4.99. The van der Waals surface area contributed by atoms with Crippen LogP contribution in [0.2, 0.25) is 0 Å². The number of rotatable bonds is 5. The number of carbonyl (C=O) groups is 2. The molecule has 0 saturated heterocycles. The van der Waals surface area contributed by atoms with Crippen molar-refractivity contribution >= 4 is 23.1 Å². The van der Waals surface area contributed by atoms with E-state index >= 15 is 0 Å². The quantitative estimate of drug-likeness (QED) is 0.393. The number of benzene rings is 2. The molecule has 2 aliphatic rings. The lowest BCUT2D eigenvalue weighted by Gasteiger charge is -2.37. The van der Waals surface area contributed by atoms with E-state index < -0.39 is 10.8 Å². The fourth-order valence-electron chi connectivity index (χ4n) is 5.06. The van der Waals surface area contributed by atoms with Crippen molar-refractivity contribution in [3.63, 3.8) is 0 Å². The number of non-ortho nitro benzene ring substituents is 1. The van der Waals surface area contributed by atoms with E-state index in [1.54, 1.807) is 36.7 Å². The van der Waals surface area contributed by atoms with Gasteiger partial charge in [-0.2, -0.15) is 0 Å². The van der Waals surface area contributed by atoms with E-state index in [1.165, 1.54) is 12.1 Å². The van der Waals surface area contributed by atoms with Gasteiger partial charge in [0.25, 0.3) is 11.6 Å². The van der Waals surface area contributed by atoms with Crippen molar-refractivity contribution in [2.75, 3.05) is 5.32 Å². The van der Waals surface area contributed by atoms with E-state index in [9.17, 15) is 19.7 Å². The van der Waals surface area contributed by atoms with Crippen LogP contribution in [0.5, 0.6) is 0 Å². The number of nitro groups is 1. The van der Waals surface area contributed by atoms with E-state index in [1.807, 2.05) is 37.3 Å². The fraction of sp³-hybridized carbons (Fsp3) is 0.179. The number of dihydropyridines is 1. The Kier molecular flexibility index (Phi) is 6.16. The molecule has 2 heterocycles. The molecule has 1 aliphatic carbocycles. The number of ketones is 1. The summed E-state index contributed by atoms with van der Waals surface area (Å²) in [4.78, 5) is 42.0. The lowest BCUT2D eigenvalue weighted by molar-refractivity contribution is -0.384. The Morgan fingerprint density at radius 1 is 1.03 bits per heavy atom. The summed E-state index contributed by atoms with van der Waals surface area (Å²) in [5.74, 6) is -1.02. The molecule has 0 fully saturated rings. The molecule has 2 unspecified atom stereocenters. The van der Waals surface area contributed by atoms with E-state index in [0.29, 0.717) is 40.9 Å². The third-order valence-electron chi connectivity index (χ3n) is 6.70. The Labute approximate surface area is 207 Å². The number of anilines is 1. The SMILES string of the molecule is CC1=C(C(=O)Nc2cccnc2)C(c2ccc([N+](=O)[O-])cc2)C2=C(CC(c3ccccc3)CC2=O)N1. The van der Waals surface area contributed by atoms with Crippen LogP contribution >= 0.6 is 0 Å². The molecule has 5 rings (SSSR count). The van der Waals surface area contributed by atoms with Gasteiger partial charge in [0.15, 0.2) is 5.78 Å². The second-order valence-electron chi connectivity index (χ2n) is 8.97. The van der Waals surface area contributed by atoms with E-state index in [-0.39, 0.29) is 23.3 Å². The molecule has 1 aromatic heterocycles. The summed E-state index contributed by atoms with van der Waals surface area (Å²) in [6, 6.07) is 19.4. The normalized spacial score (nSPS) is 19.4. The molecule has 0 bridgehead atoms. The summed E-state index contributed by atoms with van der Waals surface area (Å²) in [7, 11) is 0. The zero-order valence-electron chi connectivity index (χ0n) is 19.6. The molecule has 36 heavy (non-hydrogen) atoms. The molecule has 0 radical (unpaired) electrons. The van der Waals surface area contributed by atoms with Crippen molar-refractivity contribution in [3.05, 3.63) is 123 Å². The van der Waals surface area contributed by atoms with Crippen molar-refractivity contribution in [2.24, 2.45) is 0 Å². The van der Waals surface area contributed by atoms with Crippen molar-refractivity contribution in [1.82, 2.24) is 10.3 Å². The van der Waals surface area contributed by atoms with Gasteiger partial charge in [0, 0.05) is 53.2 Å². The largest absolute Gasteiger partial charge is 0.362 e. The maximum Gasteiger partial charge on any atom is 0.269 e. The minimum Gasteiger partial charge on any atom is -0.362 e. The number of pyridine rings is 1. The molecule has 2 N–H and O–H groups in total. The Morgan fingerprint density at radius 3 is 2.44 bits per heavy atom. The first kappa shape index (κ1) is 23.2.